The van der Waals surface area contributed by atoms with Crippen molar-refractivity contribution in [2.24, 2.45) is 16.6 Å². The Hall–Kier alpha value is -1.49. The van der Waals surface area contributed by atoms with Crippen LogP contribution in [0, 0.1) is 5.92 Å². The summed E-state index contributed by atoms with van der Waals surface area (Å²) in [6.45, 7) is 5.22. The molecule has 0 aliphatic heterocycles. The van der Waals surface area contributed by atoms with Gasteiger partial charge < -0.3 is 10.8 Å². The van der Waals surface area contributed by atoms with E-state index in [0.29, 0.717) is 24.1 Å². The lowest BCUT2D eigenvalue weighted by Gasteiger charge is -2.09. The minimum Gasteiger partial charge on any atom is -0.396 e. The molecule has 0 radical (unpaired) electrons. The second-order valence-electron chi connectivity index (χ2n) is 4.98. The van der Waals surface area contributed by atoms with Gasteiger partial charge in [0.15, 0.2) is 11.6 Å². The van der Waals surface area contributed by atoms with E-state index in [1.54, 1.807) is 0 Å². The lowest BCUT2D eigenvalue weighted by molar-refractivity contribution is -0.121. The number of aliphatic hydroxyl groups is 1. The van der Waals surface area contributed by atoms with Crippen LogP contribution in [0.2, 0.25) is 0 Å². The molecule has 2 atom stereocenters. The standard InChI is InChI=1S/C14H22N2O3/c1-4-8(2)12(19)7-16-14-10(5-6-11(14)18)13(15)9(3)17/h8,11,18H,4-7,15H2,1-3H3/b13-10-,16-14?. The molecule has 0 amide bonds. The third-order valence-corrected chi connectivity index (χ3v) is 3.56. The van der Waals surface area contributed by atoms with Gasteiger partial charge in [0, 0.05) is 18.4 Å². The lowest BCUT2D eigenvalue weighted by atomic mass is 10.0. The van der Waals surface area contributed by atoms with Gasteiger partial charge in [-0.2, -0.15) is 0 Å². The lowest BCUT2D eigenvalue weighted by Crippen LogP contribution is -2.21. The number of rotatable bonds is 5. The number of aliphatic hydroxyl groups excluding tert-OH is 1. The number of nitrogens with two attached hydrogens (primary N) is 1. The fraction of sp³-hybridized carbons (Fsp3) is 0.643. The summed E-state index contributed by atoms with van der Waals surface area (Å²) in [4.78, 5) is 27.2. The Morgan fingerprint density at radius 1 is 1.53 bits per heavy atom. The zero-order valence-electron chi connectivity index (χ0n) is 11.8. The first-order valence-corrected chi connectivity index (χ1v) is 6.63. The van der Waals surface area contributed by atoms with Crippen LogP contribution in [0.5, 0.6) is 0 Å². The highest BCUT2D eigenvalue weighted by molar-refractivity contribution is 6.11. The molecular weight excluding hydrogens is 244 g/mol. The van der Waals surface area contributed by atoms with Gasteiger partial charge in [0.1, 0.15) is 0 Å². The number of Topliss-reactive ketones (excluding diaryl/α,β-unsaturated/α-hetero) is 2. The predicted octanol–water partition coefficient (Wildman–Crippen LogP) is 0.999. The van der Waals surface area contributed by atoms with Gasteiger partial charge in [0.2, 0.25) is 0 Å². The number of nitrogens with zero attached hydrogens (tertiary/aromatic N) is 1. The zero-order chi connectivity index (χ0) is 14.6. The van der Waals surface area contributed by atoms with Crippen molar-refractivity contribution >= 4 is 17.3 Å². The smallest absolute Gasteiger partial charge is 0.175 e. The monoisotopic (exact) mass is 266 g/mol. The third kappa shape index (κ3) is 3.73. The van der Waals surface area contributed by atoms with Gasteiger partial charge in [0.25, 0.3) is 0 Å². The van der Waals surface area contributed by atoms with Crippen molar-refractivity contribution in [3.05, 3.63) is 11.3 Å². The van der Waals surface area contributed by atoms with E-state index in [4.69, 9.17) is 5.73 Å². The molecular formula is C14H22N2O3. The number of ketones is 2. The number of carbonyl (C=O) groups excluding carboxylic acids is 2. The van der Waals surface area contributed by atoms with Crippen LogP contribution in [0.4, 0.5) is 0 Å². The van der Waals surface area contributed by atoms with Crippen LogP contribution < -0.4 is 5.73 Å². The van der Waals surface area contributed by atoms with Crippen LogP contribution in [0.3, 0.4) is 0 Å². The van der Waals surface area contributed by atoms with E-state index in [0.717, 1.165) is 6.42 Å². The molecule has 1 fully saturated rings. The Balaban J connectivity index is 2.92. The van der Waals surface area contributed by atoms with E-state index < -0.39 is 6.10 Å². The van der Waals surface area contributed by atoms with E-state index in [9.17, 15) is 14.7 Å². The maximum Gasteiger partial charge on any atom is 0.175 e. The molecule has 1 aliphatic rings. The summed E-state index contributed by atoms with van der Waals surface area (Å²) in [7, 11) is 0. The summed E-state index contributed by atoms with van der Waals surface area (Å²) in [6.07, 6.45) is 1.07. The van der Waals surface area contributed by atoms with Crippen molar-refractivity contribution in [1.29, 1.82) is 0 Å². The fourth-order valence-electron chi connectivity index (χ4n) is 1.98. The summed E-state index contributed by atoms with van der Waals surface area (Å²) >= 11 is 0. The predicted molar refractivity (Wildman–Crippen MR) is 73.9 cm³/mol. The van der Waals surface area contributed by atoms with Gasteiger partial charge in [0.05, 0.1) is 24.1 Å². The van der Waals surface area contributed by atoms with Crippen molar-refractivity contribution in [3.8, 4) is 0 Å². The van der Waals surface area contributed by atoms with E-state index in [-0.39, 0.29) is 29.7 Å². The fourth-order valence-corrected chi connectivity index (χ4v) is 1.98. The molecule has 5 heteroatoms. The summed E-state index contributed by atoms with van der Waals surface area (Å²) in [5, 5.41) is 9.86. The highest BCUT2D eigenvalue weighted by Gasteiger charge is 2.28. The van der Waals surface area contributed by atoms with E-state index in [2.05, 4.69) is 4.99 Å². The van der Waals surface area contributed by atoms with Crippen molar-refractivity contribution in [2.45, 2.75) is 46.1 Å². The molecule has 3 N–H and O–H groups in total. The van der Waals surface area contributed by atoms with Gasteiger partial charge in [-0.05, 0) is 19.3 Å². The van der Waals surface area contributed by atoms with Gasteiger partial charge in [-0.15, -0.1) is 0 Å². The Morgan fingerprint density at radius 2 is 2.16 bits per heavy atom. The average Bonchev–Trinajstić information content (AvgIpc) is 2.75. The van der Waals surface area contributed by atoms with Gasteiger partial charge >= 0.3 is 0 Å². The van der Waals surface area contributed by atoms with Gasteiger partial charge in [-0.25, -0.2) is 0 Å². The number of hydrogen-bond donors (Lipinski definition) is 2. The SMILES string of the molecule is CCC(C)C(=O)CN=C1/C(=C(\N)C(C)=O)CCC1O. The number of carbonyl (C=O) groups is 2. The van der Waals surface area contributed by atoms with Crippen LogP contribution >= 0.6 is 0 Å². The van der Waals surface area contributed by atoms with Gasteiger partial charge in [-0.1, -0.05) is 13.8 Å². The second-order valence-corrected chi connectivity index (χ2v) is 4.98. The maximum absolute atomic E-state index is 11.7. The van der Waals surface area contributed by atoms with Crippen LogP contribution in [0.1, 0.15) is 40.0 Å². The Kier molecular flexibility index (Phi) is 5.42. The first kappa shape index (κ1) is 15.6. The molecule has 1 aliphatic carbocycles. The Bertz CT molecular complexity index is 438. The molecule has 0 aromatic rings. The molecule has 0 heterocycles. The van der Waals surface area contributed by atoms with Crippen molar-refractivity contribution in [2.75, 3.05) is 6.54 Å². The number of allylic oxidation sites excluding steroid dienone is 1. The van der Waals surface area contributed by atoms with Crippen molar-refractivity contribution in [3.63, 3.8) is 0 Å². The average molecular weight is 266 g/mol. The van der Waals surface area contributed by atoms with E-state index in [1.807, 2.05) is 13.8 Å². The first-order valence-electron chi connectivity index (χ1n) is 6.63. The summed E-state index contributed by atoms with van der Waals surface area (Å²) in [5.74, 6) is -0.236. The molecule has 0 aromatic heterocycles. The third-order valence-electron chi connectivity index (χ3n) is 3.56. The second kappa shape index (κ2) is 6.61. The molecule has 1 rings (SSSR count). The van der Waals surface area contributed by atoms with Crippen LogP contribution in [0.25, 0.3) is 0 Å². The normalized spacial score (nSPS) is 25.5. The van der Waals surface area contributed by atoms with Crippen LogP contribution in [-0.4, -0.2) is 35.0 Å². The topological polar surface area (TPSA) is 92.8 Å². The minimum absolute atomic E-state index is 0.0369. The van der Waals surface area contributed by atoms with Crippen molar-refractivity contribution in [1.82, 2.24) is 0 Å². The van der Waals surface area contributed by atoms with Gasteiger partial charge in [-0.3, -0.25) is 14.6 Å². The number of aliphatic imine (C=N–C) groups is 1. The summed E-state index contributed by atoms with van der Waals surface area (Å²) in [5.41, 5.74) is 6.87. The maximum atomic E-state index is 11.7. The first-order chi connectivity index (χ1) is 8.88. The molecule has 106 valence electrons. The Labute approximate surface area is 113 Å². The van der Waals surface area contributed by atoms with Crippen LogP contribution in [-0.2, 0) is 9.59 Å². The largest absolute Gasteiger partial charge is 0.396 e. The molecule has 5 nitrogen and oxygen atoms in total. The molecule has 0 spiro atoms. The van der Waals surface area contributed by atoms with E-state index >= 15 is 0 Å². The Morgan fingerprint density at radius 3 is 2.68 bits per heavy atom. The molecule has 19 heavy (non-hydrogen) atoms. The zero-order valence-corrected chi connectivity index (χ0v) is 11.8. The number of hydrogen-bond acceptors (Lipinski definition) is 5. The van der Waals surface area contributed by atoms with Crippen LogP contribution in [0.15, 0.2) is 16.3 Å². The van der Waals surface area contributed by atoms with E-state index in [1.165, 1.54) is 6.92 Å². The summed E-state index contributed by atoms with van der Waals surface area (Å²) < 4.78 is 0. The van der Waals surface area contributed by atoms with Crippen molar-refractivity contribution < 1.29 is 14.7 Å². The highest BCUT2D eigenvalue weighted by atomic mass is 16.3. The molecule has 0 aromatic carbocycles. The molecule has 0 bridgehead atoms. The molecule has 2 unspecified atom stereocenters. The highest BCUT2D eigenvalue weighted by Crippen LogP contribution is 2.24. The quantitative estimate of drug-likeness (QED) is 0.726. The minimum atomic E-state index is -0.724. The summed E-state index contributed by atoms with van der Waals surface area (Å²) in [6, 6.07) is 0. The molecule has 1 saturated carbocycles. The molecule has 0 saturated heterocycles.